The van der Waals surface area contributed by atoms with Gasteiger partial charge in [0.25, 0.3) is 0 Å². The smallest absolute Gasteiger partial charge is 0.787 e. The standard InChI is InChI=1S/3C14H23O5P.2Al/c3*1-13(2,3)10-7-8-12(18-19-20(15,16)17)11(9-10)14(4,5)6;;/h3*7-9H,1-6H3,(H2,15,16,17);;/q;;;2*+3/p-6. The Morgan fingerprint density at radius 2 is 0.516 bits per heavy atom. The van der Waals surface area contributed by atoms with Gasteiger partial charge in [0.05, 0.1) is 0 Å². The average Bonchev–Trinajstić information content (AvgIpc) is 3.02. The summed E-state index contributed by atoms with van der Waals surface area (Å²) in [6, 6.07) is 16.2. The zero-order valence-electron chi connectivity index (χ0n) is 39.3. The summed E-state index contributed by atoms with van der Waals surface area (Å²) in [5.74, 6) is 0.701. The van der Waals surface area contributed by atoms with E-state index in [9.17, 15) is 43.1 Å². The van der Waals surface area contributed by atoms with E-state index in [1.807, 2.05) is 98.7 Å². The minimum absolute atomic E-state index is 0. The fourth-order valence-electron chi connectivity index (χ4n) is 5.22. The number of benzene rings is 3. The van der Waals surface area contributed by atoms with E-state index in [1.165, 1.54) is 0 Å². The fraction of sp³-hybridized carbons (Fsp3) is 0.571. The number of hydrogen-bond acceptors (Lipinski definition) is 15. The monoisotopic (exact) mass is 954 g/mol. The summed E-state index contributed by atoms with van der Waals surface area (Å²) in [7, 11) is -15.5. The molecule has 20 heteroatoms. The second kappa shape index (κ2) is 22.8. The molecule has 15 nitrogen and oxygen atoms in total. The Bertz CT molecular complexity index is 1800. The van der Waals surface area contributed by atoms with Gasteiger partial charge in [0.1, 0.15) is 23.5 Å². The van der Waals surface area contributed by atoms with Crippen LogP contribution in [0.4, 0.5) is 0 Å². The Balaban J connectivity index is 0. The summed E-state index contributed by atoms with van der Waals surface area (Å²) in [6.07, 6.45) is 0. The molecule has 0 amide bonds. The normalized spacial score (nSPS) is 13.0. The molecule has 0 N–H and O–H groups in total. The second-order valence-corrected chi connectivity index (χ2v) is 23.6. The second-order valence-electron chi connectivity index (χ2n) is 20.4. The Hall–Kier alpha value is -1.55. The van der Waals surface area contributed by atoms with E-state index < -0.39 is 23.5 Å². The third-order valence-electron chi connectivity index (χ3n) is 8.62. The molecule has 0 atom stereocenters. The van der Waals surface area contributed by atoms with Gasteiger partial charge in [-0.3, -0.25) is 0 Å². The van der Waals surface area contributed by atoms with Crippen molar-refractivity contribution in [2.45, 2.75) is 157 Å². The van der Waals surface area contributed by atoms with Crippen LogP contribution in [0.3, 0.4) is 0 Å². The van der Waals surface area contributed by atoms with E-state index in [-0.39, 0.29) is 84.5 Å². The van der Waals surface area contributed by atoms with Gasteiger partial charge in [-0.1, -0.05) is 161 Å². The predicted molar refractivity (Wildman–Crippen MR) is 231 cm³/mol. The van der Waals surface area contributed by atoms with Crippen molar-refractivity contribution in [3.63, 3.8) is 0 Å². The molecule has 0 spiro atoms. The van der Waals surface area contributed by atoms with Crippen molar-refractivity contribution in [1.82, 2.24) is 0 Å². The molecule has 0 fully saturated rings. The molecule has 0 unspecified atom stereocenters. The minimum atomic E-state index is -5.17. The van der Waals surface area contributed by atoms with Gasteiger partial charge in [-0.2, -0.15) is 14.0 Å². The molecule has 0 aliphatic heterocycles. The van der Waals surface area contributed by atoms with E-state index in [4.69, 9.17) is 14.7 Å². The van der Waals surface area contributed by atoms with Crippen molar-refractivity contribution in [1.29, 1.82) is 0 Å². The molecular weight excluding hydrogens is 891 g/mol. The third-order valence-corrected chi connectivity index (χ3v) is 9.39. The van der Waals surface area contributed by atoms with Gasteiger partial charge in [0.15, 0.2) is 17.2 Å². The first-order valence-corrected chi connectivity index (χ1v) is 23.4. The van der Waals surface area contributed by atoms with Crippen LogP contribution in [0.25, 0.3) is 0 Å². The van der Waals surface area contributed by atoms with E-state index >= 15 is 0 Å². The van der Waals surface area contributed by atoms with E-state index in [0.29, 0.717) is 0 Å². The van der Waals surface area contributed by atoms with Gasteiger partial charge in [0.2, 0.25) is 0 Å². The molecule has 0 aromatic heterocycles. The molecule has 342 valence electrons. The minimum Gasteiger partial charge on any atom is -0.787 e. The Morgan fingerprint density at radius 1 is 0.339 bits per heavy atom. The SMILES string of the molecule is CC(C)(C)c1ccc(OOP(=O)([O-])[O-])c(C(C)(C)C)c1.CC(C)(C)c1ccc(OOP(=O)([O-])[O-])c(C(C)(C)C)c1.CC(C)(C)c1ccc(OOP(=O)([O-])[O-])c(C(C)(C)C)c1.[Al+3].[Al+3]. The summed E-state index contributed by atoms with van der Waals surface area (Å²) < 4.78 is 43.3. The van der Waals surface area contributed by atoms with Gasteiger partial charge in [-0.25, -0.2) is 0 Å². The van der Waals surface area contributed by atoms with Crippen molar-refractivity contribution in [3.05, 3.63) is 88.0 Å². The van der Waals surface area contributed by atoms with Gasteiger partial charge < -0.3 is 57.7 Å². The molecule has 0 heterocycles. The van der Waals surface area contributed by atoms with Crippen LogP contribution >= 0.6 is 23.5 Å². The van der Waals surface area contributed by atoms with Crippen LogP contribution in [0.15, 0.2) is 54.6 Å². The number of rotatable bonds is 9. The predicted octanol–water partition coefficient (Wildman–Crippen LogP) is 6.50. The Kier molecular flexibility index (Phi) is 23.0. The first kappa shape index (κ1) is 62.5. The van der Waals surface area contributed by atoms with Crippen LogP contribution < -0.4 is 44.0 Å². The van der Waals surface area contributed by atoms with Crippen molar-refractivity contribution < 1.29 is 71.7 Å². The van der Waals surface area contributed by atoms with Gasteiger partial charge >= 0.3 is 34.7 Å². The summed E-state index contributed by atoms with van der Waals surface area (Å²) >= 11 is 0. The molecule has 62 heavy (non-hydrogen) atoms. The van der Waals surface area contributed by atoms with Crippen LogP contribution in [0.5, 0.6) is 17.2 Å². The van der Waals surface area contributed by atoms with Crippen LogP contribution in [-0.2, 0) is 60.2 Å². The van der Waals surface area contributed by atoms with Crippen molar-refractivity contribution in [3.8, 4) is 17.2 Å². The maximum atomic E-state index is 10.5. The van der Waals surface area contributed by atoms with E-state index in [2.05, 4.69) is 76.3 Å². The largest absolute Gasteiger partial charge is 3.00 e. The van der Waals surface area contributed by atoms with E-state index in [1.54, 1.807) is 18.2 Å². The molecule has 3 aromatic rings. The summed E-state index contributed by atoms with van der Waals surface area (Å²) in [6.45, 7) is 36.4. The van der Waals surface area contributed by atoms with Crippen LogP contribution in [-0.4, -0.2) is 34.7 Å². The summed E-state index contributed by atoms with van der Waals surface area (Å²) in [5, 5.41) is 0. The topological polar surface area (TPSA) is 245 Å². The molecule has 0 aliphatic carbocycles. The maximum Gasteiger partial charge on any atom is 3.00 e. The summed E-state index contributed by atoms with van der Waals surface area (Å²) in [5.41, 5.74) is 4.59. The fourth-order valence-corrected chi connectivity index (χ4v) is 5.74. The molecule has 0 aliphatic rings. The van der Waals surface area contributed by atoms with Gasteiger partial charge in [-0.05, 0) is 67.4 Å². The maximum absolute atomic E-state index is 10.5. The zero-order valence-corrected chi connectivity index (χ0v) is 44.3. The third kappa shape index (κ3) is 23.1. The van der Waals surface area contributed by atoms with Crippen LogP contribution in [0, 0.1) is 0 Å². The Labute approximate surface area is 390 Å². The molecule has 0 saturated heterocycles. The van der Waals surface area contributed by atoms with Crippen LogP contribution in [0.2, 0.25) is 0 Å². The average molecular weight is 955 g/mol. The van der Waals surface area contributed by atoms with Gasteiger partial charge in [-0.15, -0.1) is 0 Å². The number of phosphoric acid groups is 3. The van der Waals surface area contributed by atoms with Gasteiger partial charge in [0, 0.05) is 16.7 Å². The first-order chi connectivity index (χ1) is 26.4. The van der Waals surface area contributed by atoms with E-state index in [0.717, 1.165) is 33.4 Å². The molecular formula is C42H63Al2O15P3. The van der Waals surface area contributed by atoms with Crippen LogP contribution in [0.1, 0.15) is 158 Å². The quantitative estimate of drug-likeness (QED) is 0.0961. The number of hydrogen-bond donors (Lipinski definition) is 0. The molecule has 0 bridgehead atoms. The molecule has 0 radical (unpaired) electrons. The summed E-state index contributed by atoms with van der Waals surface area (Å²) in [4.78, 5) is 77.2. The molecule has 3 rings (SSSR count). The molecule has 3 aromatic carbocycles. The van der Waals surface area contributed by atoms with Crippen molar-refractivity contribution in [2.24, 2.45) is 0 Å². The Morgan fingerprint density at radius 3 is 0.645 bits per heavy atom. The zero-order chi connectivity index (χ0) is 47.3. The molecule has 0 saturated carbocycles. The van der Waals surface area contributed by atoms with Crippen molar-refractivity contribution >= 4 is 58.2 Å². The first-order valence-electron chi connectivity index (χ1n) is 19.0. The van der Waals surface area contributed by atoms with Crippen molar-refractivity contribution in [2.75, 3.05) is 0 Å².